The van der Waals surface area contributed by atoms with E-state index in [0.717, 1.165) is 12.8 Å². The highest BCUT2D eigenvalue weighted by atomic mass is 16.7. The molecule has 68 valence electrons. The Hall–Kier alpha value is -0.120. The molecule has 0 rings (SSSR count). The van der Waals surface area contributed by atoms with Crippen LogP contribution in [0.3, 0.4) is 0 Å². The lowest BCUT2D eigenvalue weighted by Crippen LogP contribution is -2.28. The second-order valence-corrected chi connectivity index (χ2v) is 2.57. The van der Waals surface area contributed by atoms with Crippen molar-refractivity contribution in [1.29, 1.82) is 0 Å². The molecule has 0 aromatic carbocycles. The zero-order chi connectivity index (χ0) is 8.69. The van der Waals surface area contributed by atoms with Crippen molar-refractivity contribution in [2.24, 2.45) is 0 Å². The maximum atomic E-state index is 9.06. The molecule has 2 atom stereocenters. The highest BCUT2D eigenvalue weighted by Crippen LogP contribution is 2.01. The Morgan fingerprint density at radius 1 is 1.45 bits per heavy atom. The molecule has 0 saturated heterocycles. The quantitative estimate of drug-likeness (QED) is 0.470. The van der Waals surface area contributed by atoms with Crippen LogP contribution < -0.4 is 0 Å². The van der Waals surface area contributed by atoms with E-state index in [9.17, 15) is 0 Å². The van der Waals surface area contributed by atoms with Gasteiger partial charge in [0.05, 0.1) is 0 Å². The predicted octanol–water partition coefficient (Wildman–Crippen LogP) is 1.16. The Labute approximate surface area is 68.3 Å². The van der Waals surface area contributed by atoms with E-state index >= 15 is 0 Å². The van der Waals surface area contributed by atoms with Crippen LogP contribution >= 0.6 is 0 Å². The zero-order valence-electron chi connectivity index (χ0n) is 7.54. The Bertz CT molecular complexity index is 83.4. The number of ether oxygens (including phenoxy) is 2. The molecule has 0 saturated carbocycles. The number of aliphatic hydroxyl groups excluding tert-OH is 1. The molecule has 0 aromatic heterocycles. The lowest BCUT2D eigenvalue weighted by atomic mass is 10.3. The van der Waals surface area contributed by atoms with Crippen molar-refractivity contribution in [3.63, 3.8) is 0 Å². The molecule has 1 N–H and O–H groups in total. The maximum absolute atomic E-state index is 9.06. The second-order valence-electron chi connectivity index (χ2n) is 2.57. The summed E-state index contributed by atoms with van der Waals surface area (Å²) in [6, 6.07) is 0. The molecule has 3 nitrogen and oxygen atoms in total. The average Bonchev–Trinajstić information content (AvgIpc) is 1.97. The smallest absolute Gasteiger partial charge is 0.182 e. The molecule has 0 amide bonds. The first kappa shape index (κ1) is 10.9. The van der Waals surface area contributed by atoms with Gasteiger partial charge in [-0.3, -0.25) is 0 Å². The van der Waals surface area contributed by atoms with E-state index in [1.807, 2.05) is 0 Å². The van der Waals surface area contributed by atoms with Gasteiger partial charge in [-0.2, -0.15) is 0 Å². The largest absolute Gasteiger partial charge is 0.388 e. The lowest BCUT2D eigenvalue weighted by molar-refractivity contribution is -0.175. The van der Waals surface area contributed by atoms with Crippen molar-refractivity contribution < 1.29 is 14.6 Å². The Morgan fingerprint density at radius 3 is 2.45 bits per heavy atom. The molecule has 3 heteroatoms. The van der Waals surface area contributed by atoms with Crippen LogP contribution in [0, 0.1) is 0 Å². The average molecular weight is 162 g/mol. The number of rotatable bonds is 6. The van der Waals surface area contributed by atoms with Crippen LogP contribution in [0.5, 0.6) is 0 Å². The van der Waals surface area contributed by atoms with E-state index in [-0.39, 0.29) is 0 Å². The van der Waals surface area contributed by atoms with Gasteiger partial charge in [0.1, 0.15) is 6.10 Å². The highest BCUT2D eigenvalue weighted by Gasteiger charge is 2.12. The minimum Gasteiger partial charge on any atom is -0.388 e. The number of hydrogen-bond acceptors (Lipinski definition) is 3. The van der Waals surface area contributed by atoms with Gasteiger partial charge < -0.3 is 14.6 Å². The number of methoxy groups -OCH3 is 1. The van der Waals surface area contributed by atoms with Crippen molar-refractivity contribution >= 4 is 0 Å². The molecule has 0 spiro atoms. The van der Waals surface area contributed by atoms with Crippen LogP contribution in [0.2, 0.25) is 0 Å². The van der Waals surface area contributed by atoms with Gasteiger partial charge in [-0.25, -0.2) is 0 Å². The molecule has 11 heavy (non-hydrogen) atoms. The summed E-state index contributed by atoms with van der Waals surface area (Å²) in [5.41, 5.74) is 0. The van der Waals surface area contributed by atoms with Crippen molar-refractivity contribution in [3.05, 3.63) is 0 Å². The van der Waals surface area contributed by atoms with Gasteiger partial charge in [0.2, 0.25) is 0 Å². The van der Waals surface area contributed by atoms with Gasteiger partial charge in [-0.05, 0) is 13.3 Å². The number of aliphatic hydroxyl groups is 1. The first-order valence-corrected chi connectivity index (χ1v) is 4.04. The van der Waals surface area contributed by atoms with E-state index < -0.39 is 12.4 Å². The fourth-order valence-electron chi connectivity index (χ4n) is 0.748. The summed E-state index contributed by atoms with van der Waals surface area (Å²) in [6.45, 7) is 4.40. The lowest BCUT2D eigenvalue weighted by Gasteiger charge is -2.18. The Morgan fingerprint density at radius 2 is 2.09 bits per heavy atom. The normalized spacial score (nSPS) is 16.4. The number of unbranched alkanes of at least 4 members (excludes halogenated alkanes) is 1. The monoisotopic (exact) mass is 162 g/mol. The van der Waals surface area contributed by atoms with Crippen LogP contribution in [-0.2, 0) is 9.47 Å². The van der Waals surface area contributed by atoms with Gasteiger partial charge in [-0.1, -0.05) is 13.3 Å². The molecule has 0 aliphatic carbocycles. The summed E-state index contributed by atoms with van der Waals surface area (Å²) in [5.74, 6) is 0. The van der Waals surface area contributed by atoms with E-state index in [2.05, 4.69) is 6.92 Å². The van der Waals surface area contributed by atoms with Crippen LogP contribution in [0.1, 0.15) is 26.7 Å². The van der Waals surface area contributed by atoms with Crippen molar-refractivity contribution in [3.8, 4) is 0 Å². The maximum Gasteiger partial charge on any atom is 0.182 e. The summed E-state index contributed by atoms with van der Waals surface area (Å²) in [4.78, 5) is 0. The highest BCUT2D eigenvalue weighted by molar-refractivity contribution is 4.51. The van der Waals surface area contributed by atoms with E-state index in [1.54, 1.807) is 6.92 Å². The first-order valence-electron chi connectivity index (χ1n) is 4.04. The molecule has 0 aliphatic heterocycles. The Balaban J connectivity index is 3.36. The van der Waals surface area contributed by atoms with Crippen LogP contribution in [0.25, 0.3) is 0 Å². The molecule has 0 radical (unpaired) electrons. The zero-order valence-corrected chi connectivity index (χ0v) is 7.54. The van der Waals surface area contributed by atoms with Crippen molar-refractivity contribution in [1.82, 2.24) is 0 Å². The standard InChI is InChI=1S/C8H18O3/c1-4-5-6-11-8(10-3)7(2)9/h7-9H,4-6H2,1-3H3. The van der Waals surface area contributed by atoms with Gasteiger partial charge in [0, 0.05) is 13.7 Å². The molecule has 2 unspecified atom stereocenters. The summed E-state index contributed by atoms with van der Waals surface area (Å²) in [7, 11) is 1.53. The summed E-state index contributed by atoms with van der Waals surface area (Å²) in [5, 5.41) is 9.06. The SMILES string of the molecule is CCCCOC(OC)C(C)O. The molecular formula is C8H18O3. The topological polar surface area (TPSA) is 38.7 Å². The van der Waals surface area contributed by atoms with Gasteiger partial charge >= 0.3 is 0 Å². The summed E-state index contributed by atoms with van der Waals surface area (Å²) < 4.78 is 10.1. The molecule has 0 aromatic rings. The summed E-state index contributed by atoms with van der Waals surface area (Å²) >= 11 is 0. The third-order valence-electron chi connectivity index (χ3n) is 1.41. The minimum absolute atomic E-state index is 0.471. The van der Waals surface area contributed by atoms with E-state index in [1.165, 1.54) is 7.11 Å². The van der Waals surface area contributed by atoms with Gasteiger partial charge in [0.25, 0.3) is 0 Å². The number of hydrogen-bond donors (Lipinski definition) is 1. The third-order valence-corrected chi connectivity index (χ3v) is 1.41. The minimum atomic E-state index is -0.558. The van der Waals surface area contributed by atoms with Crippen LogP contribution in [0.4, 0.5) is 0 Å². The molecular weight excluding hydrogens is 144 g/mol. The van der Waals surface area contributed by atoms with Crippen LogP contribution in [-0.4, -0.2) is 31.2 Å². The predicted molar refractivity (Wildman–Crippen MR) is 43.3 cm³/mol. The van der Waals surface area contributed by atoms with E-state index in [4.69, 9.17) is 14.6 Å². The first-order chi connectivity index (χ1) is 5.22. The molecule has 0 fully saturated rings. The fourth-order valence-corrected chi connectivity index (χ4v) is 0.748. The summed E-state index contributed by atoms with van der Waals surface area (Å²) in [6.07, 6.45) is 1.07. The van der Waals surface area contributed by atoms with Crippen molar-refractivity contribution in [2.75, 3.05) is 13.7 Å². The van der Waals surface area contributed by atoms with E-state index in [0.29, 0.717) is 6.61 Å². The van der Waals surface area contributed by atoms with Gasteiger partial charge in [0.15, 0.2) is 6.29 Å². The third kappa shape index (κ3) is 5.18. The fraction of sp³-hybridized carbons (Fsp3) is 1.00. The Kier molecular flexibility index (Phi) is 6.51. The molecule has 0 aliphatic rings. The molecule has 0 bridgehead atoms. The molecule has 0 heterocycles. The second kappa shape index (κ2) is 6.58. The van der Waals surface area contributed by atoms with Gasteiger partial charge in [-0.15, -0.1) is 0 Å². The van der Waals surface area contributed by atoms with Crippen molar-refractivity contribution in [2.45, 2.75) is 39.1 Å². The van der Waals surface area contributed by atoms with Crippen LogP contribution in [0.15, 0.2) is 0 Å².